The van der Waals surface area contributed by atoms with Gasteiger partial charge in [-0.1, -0.05) is 19.1 Å². The molecular formula is C30H33N9O6. The second-order valence-corrected chi connectivity index (χ2v) is 10.8. The molecule has 15 nitrogen and oxygen atoms in total. The standard InChI is InChI=1S/C30H33N9O6/c1-3-10-37-15-26(40)33-22-9-11-38(29(42)27-34-30(36-35-27)39-17-31-32-18-39)14-25(22)44-16-19-5-4-6-21(12-19)45-24-13-20(28(37)41)7-8-23(24)43-2/h4-8,12-13,17-18,22,25H,3,9-11,14-16H2,1-2H3,(H,33,40)(H,34,35,36)/t22-,25-/m0/s1. The Kier molecular flexibility index (Phi) is 8.68. The minimum absolute atomic E-state index is 0.0617. The molecule has 0 unspecified atom stereocenters. The molecule has 4 aromatic rings. The van der Waals surface area contributed by atoms with Crippen LogP contribution in [-0.4, -0.2) is 103 Å². The number of amides is 3. The molecule has 6 rings (SSSR count). The topological polar surface area (TPSA) is 170 Å². The van der Waals surface area contributed by atoms with Crippen LogP contribution in [-0.2, 0) is 16.1 Å². The third-order valence-corrected chi connectivity index (χ3v) is 7.63. The number of carbonyl (C=O) groups excluding carboxylic acids is 3. The van der Waals surface area contributed by atoms with E-state index in [-0.39, 0.29) is 49.2 Å². The Bertz CT molecular complexity index is 1670. The fourth-order valence-electron chi connectivity index (χ4n) is 5.40. The molecule has 0 radical (unpaired) electrons. The molecule has 2 aromatic carbocycles. The number of hydrogen-bond donors (Lipinski definition) is 2. The van der Waals surface area contributed by atoms with E-state index in [0.717, 1.165) is 5.56 Å². The van der Waals surface area contributed by atoms with Crippen LogP contribution < -0.4 is 14.8 Å². The monoisotopic (exact) mass is 615 g/mol. The second kappa shape index (κ2) is 13.1. The van der Waals surface area contributed by atoms with Crippen molar-refractivity contribution in [2.45, 2.75) is 38.5 Å². The van der Waals surface area contributed by atoms with Gasteiger partial charge >= 0.3 is 0 Å². The Balaban J connectivity index is 1.27. The van der Waals surface area contributed by atoms with Crippen molar-refractivity contribution in [1.82, 2.24) is 45.1 Å². The van der Waals surface area contributed by atoms with Crippen LogP contribution in [0.2, 0.25) is 0 Å². The molecular weight excluding hydrogens is 582 g/mol. The van der Waals surface area contributed by atoms with Crippen LogP contribution in [0.15, 0.2) is 55.1 Å². The van der Waals surface area contributed by atoms with E-state index in [2.05, 4.69) is 30.7 Å². The summed E-state index contributed by atoms with van der Waals surface area (Å²) in [6, 6.07) is 11.9. The Labute approximate surface area is 258 Å². The predicted octanol–water partition coefficient (Wildman–Crippen LogP) is 1.97. The first kappa shape index (κ1) is 29.7. The molecule has 2 N–H and O–H groups in total. The number of hydrogen-bond acceptors (Lipinski definition) is 10. The maximum atomic E-state index is 13.6. The molecule has 4 heterocycles. The van der Waals surface area contributed by atoms with Crippen molar-refractivity contribution in [3.63, 3.8) is 0 Å². The lowest BCUT2D eigenvalue weighted by Gasteiger charge is -2.38. The fraction of sp³-hybridized carbons (Fsp3) is 0.367. The van der Waals surface area contributed by atoms with Crippen molar-refractivity contribution in [3.8, 4) is 23.2 Å². The van der Waals surface area contributed by atoms with Crippen LogP contribution in [0.5, 0.6) is 17.2 Å². The van der Waals surface area contributed by atoms with E-state index >= 15 is 0 Å². The molecule has 45 heavy (non-hydrogen) atoms. The van der Waals surface area contributed by atoms with Gasteiger partial charge in [-0.3, -0.25) is 24.0 Å². The summed E-state index contributed by atoms with van der Waals surface area (Å²) in [4.78, 5) is 47.8. The molecule has 3 amide bonds. The second-order valence-electron chi connectivity index (χ2n) is 10.8. The van der Waals surface area contributed by atoms with E-state index in [1.165, 1.54) is 29.2 Å². The molecule has 1 fully saturated rings. The summed E-state index contributed by atoms with van der Waals surface area (Å²) in [5, 5.41) is 17.3. The molecule has 2 aliphatic rings. The summed E-state index contributed by atoms with van der Waals surface area (Å²) in [5.74, 6) is 0.702. The van der Waals surface area contributed by atoms with Gasteiger partial charge < -0.3 is 29.3 Å². The molecule has 0 saturated carbocycles. The Morgan fingerprint density at radius 3 is 2.78 bits per heavy atom. The van der Waals surface area contributed by atoms with Crippen LogP contribution in [0.25, 0.3) is 5.95 Å². The number of nitrogens with zero attached hydrogens (tertiary/aromatic N) is 7. The number of piperidine rings is 1. The summed E-state index contributed by atoms with van der Waals surface area (Å²) in [5.41, 5.74) is 1.20. The van der Waals surface area contributed by atoms with Gasteiger partial charge in [0.15, 0.2) is 11.5 Å². The van der Waals surface area contributed by atoms with Crippen LogP contribution in [0.4, 0.5) is 0 Å². The molecule has 0 aliphatic carbocycles. The first-order chi connectivity index (χ1) is 21.9. The van der Waals surface area contributed by atoms with Crippen molar-refractivity contribution in [1.29, 1.82) is 0 Å². The highest BCUT2D eigenvalue weighted by molar-refractivity contribution is 5.97. The minimum atomic E-state index is -0.549. The lowest BCUT2D eigenvalue weighted by atomic mass is 10.0. The molecule has 0 spiro atoms. The van der Waals surface area contributed by atoms with Crippen molar-refractivity contribution >= 4 is 17.7 Å². The zero-order valence-electron chi connectivity index (χ0n) is 24.9. The van der Waals surface area contributed by atoms with Gasteiger partial charge in [-0.05, 0) is 48.7 Å². The molecule has 1 saturated heterocycles. The van der Waals surface area contributed by atoms with Crippen molar-refractivity contribution in [2.24, 2.45) is 0 Å². The van der Waals surface area contributed by atoms with Gasteiger partial charge in [-0.2, -0.15) is 4.98 Å². The average molecular weight is 616 g/mol. The van der Waals surface area contributed by atoms with Gasteiger partial charge in [0.2, 0.25) is 11.7 Å². The van der Waals surface area contributed by atoms with Crippen molar-refractivity contribution < 1.29 is 28.6 Å². The molecule has 2 aliphatic heterocycles. The highest BCUT2D eigenvalue weighted by Crippen LogP contribution is 2.33. The predicted molar refractivity (Wildman–Crippen MR) is 158 cm³/mol. The number of fused-ring (bicyclic) bond motifs is 5. The maximum Gasteiger partial charge on any atom is 0.291 e. The maximum absolute atomic E-state index is 13.6. The molecule has 2 aromatic heterocycles. The molecule has 2 atom stereocenters. The summed E-state index contributed by atoms with van der Waals surface area (Å²) in [6.45, 7) is 2.94. The van der Waals surface area contributed by atoms with E-state index in [9.17, 15) is 14.4 Å². The summed E-state index contributed by atoms with van der Waals surface area (Å²) in [7, 11) is 1.53. The molecule has 234 valence electrons. The summed E-state index contributed by atoms with van der Waals surface area (Å²) >= 11 is 0. The number of nitrogens with one attached hydrogen (secondary N) is 2. The van der Waals surface area contributed by atoms with Gasteiger partial charge in [0, 0.05) is 25.2 Å². The number of H-pyrrole nitrogens is 1. The smallest absolute Gasteiger partial charge is 0.291 e. The first-order valence-electron chi connectivity index (χ1n) is 14.6. The molecule has 4 bridgehead atoms. The molecule has 15 heteroatoms. The van der Waals surface area contributed by atoms with E-state index in [0.29, 0.717) is 48.7 Å². The minimum Gasteiger partial charge on any atom is -0.493 e. The van der Waals surface area contributed by atoms with E-state index in [1.54, 1.807) is 29.2 Å². The quantitative estimate of drug-likeness (QED) is 0.338. The number of aromatic amines is 1. The Morgan fingerprint density at radius 1 is 1.13 bits per heavy atom. The zero-order valence-corrected chi connectivity index (χ0v) is 24.9. The highest BCUT2D eigenvalue weighted by atomic mass is 16.5. The third kappa shape index (κ3) is 6.62. The number of ether oxygens (including phenoxy) is 3. The van der Waals surface area contributed by atoms with Crippen LogP contribution in [0.1, 0.15) is 46.3 Å². The lowest BCUT2D eigenvalue weighted by Crippen LogP contribution is -2.57. The van der Waals surface area contributed by atoms with Gasteiger partial charge in [0.05, 0.1) is 32.4 Å². The van der Waals surface area contributed by atoms with Crippen LogP contribution in [0, 0.1) is 0 Å². The first-order valence-corrected chi connectivity index (χ1v) is 14.6. The Hall–Kier alpha value is -5.31. The van der Waals surface area contributed by atoms with E-state index in [1.807, 2.05) is 25.1 Å². The van der Waals surface area contributed by atoms with Crippen LogP contribution in [0.3, 0.4) is 0 Å². The number of carbonyl (C=O) groups is 3. The average Bonchev–Trinajstić information content (AvgIpc) is 3.76. The number of methoxy groups -OCH3 is 1. The number of aromatic nitrogens is 6. The fourth-order valence-corrected chi connectivity index (χ4v) is 5.40. The Morgan fingerprint density at radius 2 is 1.98 bits per heavy atom. The SMILES string of the molecule is CCCN1CC(=O)N[C@H]2CCN(C(=O)c3nc(-n4cnnc4)n[nH]3)C[C@@H]2OCc2cccc(c2)Oc2cc(ccc2OC)C1=O. The van der Waals surface area contributed by atoms with Crippen molar-refractivity contribution in [2.75, 3.05) is 33.3 Å². The van der Waals surface area contributed by atoms with E-state index in [4.69, 9.17) is 14.2 Å². The number of rotatable bonds is 5. The number of likely N-dealkylation sites (tertiary alicyclic amines) is 1. The van der Waals surface area contributed by atoms with E-state index < -0.39 is 12.1 Å². The summed E-state index contributed by atoms with van der Waals surface area (Å²) in [6.07, 6.45) is 3.41. The van der Waals surface area contributed by atoms with Crippen LogP contribution >= 0.6 is 0 Å². The third-order valence-electron chi connectivity index (χ3n) is 7.63. The van der Waals surface area contributed by atoms with Gasteiger partial charge in [-0.25, -0.2) is 0 Å². The number of benzene rings is 2. The van der Waals surface area contributed by atoms with Gasteiger partial charge in [-0.15, -0.1) is 15.3 Å². The van der Waals surface area contributed by atoms with Crippen molar-refractivity contribution in [3.05, 3.63) is 72.1 Å². The van der Waals surface area contributed by atoms with Gasteiger partial charge in [0.25, 0.3) is 17.8 Å². The normalized spacial score (nSPS) is 19.0. The lowest BCUT2D eigenvalue weighted by molar-refractivity contribution is -0.124. The zero-order chi connectivity index (χ0) is 31.3. The largest absolute Gasteiger partial charge is 0.493 e. The summed E-state index contributed by atoms with van der Waals surface area (Å²) < 4.78 is 19.5. The highest BCUT2D eigenvalue weighted by Gasteiger charge is 2.35. The van der Waals surface area contributed by atoms with Gasteiger partial charge in [0.1, 0.15) is 18.4 Å².